The number of nitrogens with one attached hydrogen (secondary N) is 1. The van der Waals surface area contributed by atoms with Gasteiger partial charge in [0.25, 0.3) is 0 Å². The van der Waals surface area contributed by atoms with Gasteiger partial charge in [-0.3, -0.25) is 0 Å². The smallest absolute Gasteiger partial charge is 0.115 e. The van der Waals surface area contributed by atoms with Gasteiger partial charge in [0.1, 0.15) is 5.75 Å². The Morgan fingerprint density at radius 3 is 1.89 bits per heavy atom. The van der Waals surface area contributed by atoms with Crippen LogP contribution in [0.2, 0.25) is 0 Å². The van der Waals surface area contributed by atoms with Crippen LogP contribution >= 0.6 is 0 Å². The molecule has 0 spiro atoms. The van der Waals surface area contributed by atoms with Gasteiger partial charge >= 0.3 is 0 Å². The minimum absolute atomic E-state index is 0.242. The number of hydrogen-bond acceptors (Lipinski definition) is 4. The van der Waals surface area contributed by atoms with E-state index in [0.29, 0.717) is 13.2 Å². The van der Waals surface area contributed by atoms with Crippen molar-refractivity contribution in [3.05, 3.63) is 24.3 Å². The highest BCUT2D eigenvalue weighted by molar-refractivity contribution is 5.45. The first kappa shape index (κ1) is 23.8. The molecule has 1 aromatic carbocycles. The summed E-state index contributed by atoms with van der Waals surface area (Å²) in [6, 6.07) is 6.82. The van der Waals surface area contributed by atoms with Crippen LogP contribution in [-0.4, -0.2) is 36.1 Å². The Morgan fingerprint density at radius 2 is 1.33 bits per heavy atom. The van der Waals surface area contributed by atoms with Crippen molar-refractivity contribution >= 4 is 5.69 Å². The molecule has 0 aliphatic carbocycles. The molecule has 0 saturated heterocycles. The monoisotopic (exact) mass is 379 g/mol. The number of rotatable bonds is 18. The summed E-state index contributed by atoms with van der Waals surface area (Å²) < 4.78 is 5.56. The van der Waals surface area contributed by atoms with Crippen LogP contribution in [0.3, 0.4) is 0 Å². The maximum Gasteiger partial charge on any atom is 0.115 e. The Hall–Kier alpha value is -1.26. The zero-order valence-corrected chi connectivity index (χ0v) is 17.3. The van der Waals surface area contributed by atoms with Crippen LogP contribution in [0.1, 0.15) is 84.0 Å². The lowest BCUT2D eigenvalue weighted by molar-refractivity contribution is 0.0416. The highest BCUT2D eigenvalue weighted by Gasteiger charge is 2.04. The molecule has 0 heterocycles. The fourth-order valence-electron chi connectivity index (χ4n) is 3.14. The van der Waals surface area contributed by atoms with Crippen molar-refractivity contribution in [2.75, 3.05) is 25.1 Å². The van der Waals surface area contributed by atoms with E-state index in [9.17, 15) is 10.2 Å². The van der Waals surface area contributed by atoms with Gasteiger partial charge in [-0.1, -0.05) is 77.6 Å². The number of hydrogen-bond donors (Lipinski definition) is 3. The van der Waals surface area contributed by atoms with Gasteiger partial charge in [-0.2, -0.15) is 0 Å². The fourth-order valence-corrected chi connectivity index (χ4v) is 3.14. The minimum Gasteiger partial charge on any atom is -0.508 e. The summed E-state index contributed by atoms with van der Waals surface area (Å²) in [5.74, 6) is 0.242. The Labute approximate surface area is 166 Å². The van der Waals surface area contributed by atoms with Gasteiger partial charge in [-0.25, -0.2) is 0 Å². The first-order chi connectivity index (χ1) is 13.2. The number of aliphatic hydroxyl groups is 1. The highest BCUT2D eigenvalue weighted by Crippen LogP contribution is 2.14. The number of aliphatic hydroxyl groups excluding tert-OH is 1. The van der Waals surface area contributed by atoms with Gasteiger partial charge in [0.05, 0.1) is 12.7 Å². The zero-order valence-electron chi connectivity index (χ0n) is 17.3. The van der Waals surface area contributed by atoms with Crippen molar-refractivity contribution in [3.8, 4) is 5.75 Å². The molecule has 0 aliphatic heterocycles. The lowest BCUT2D eigenvalue weighted by Crippen LogP contribution is -2.25. The van der Waals surface area contributed by atoms with E-state index < -0.39 is 6.10 Å². The molecule has 0 amide bonds. The Balaban J connectivity index is 1.81. The molecule has 1 atom stereocenters. The molecule has 1 rings (SSSR count). The average Bonchev–Trinajstić information content (AvgIpc) is 2.68. The summed E-state index contributed by atoms with van der Waals surface area (Å²) in [6.45, 7) is 3.81. The van der Waals surface area contributed by atoms with Crippen molar-refractivity contribution in [1.29, 1.82) is 0 Å². The second-order valence-electron chi connectivity index (χ2n) is 7.55. The van der Waals surface area contributed by atoms with Crippen LogP contribution in [-0.2, 0) is 4.74 Å². The number of anilines is 1. The third-order valence-electron chi connectivity index (χ3n) is 4.86. The molecule has 0 fully saturated rings. The number of benzene rings is 1. The number of phenols is 1. The van der Waals surface area contributed by atoms with Crippen LogP contribution in [0.15, 0.2) is 24.3 Å². The maximum atomic E-state index is 9.92. The van der Waals surface area contributed by atoms with Gasteiger partial charge in [-0.05, 0) is 30.7 Å². The molecule has 3 N–H and O–H groups in total. The molecule has 4 nitrogen and oxygen atoms in total. The largest absolute Gasteiger partial charge is 0.508 e. The van der Waals surface area contributed by atoms with E-state index in [1.807, 2.05) is 0 Å². The van der Waals surface area contributed by atoms with Crippen LogP contribution in [0.5, 0.6) is 5.75 Å². The minimum atomic E-state index is -0.517. The highest BCUT2D eigenvalue weighted by atomic mass is 16.5. The molecule has 1 aromatic rings. The Kier molecular flexibility index (Phi) is 14.9. The van der Waals surface area contributed by atoms with E-state index in [0.717, 1.165) is 18.7 Å². The van der Waals surface area contributed by atoms with Gasteiger partial charge < -0.3 is 20.3 Å². The first-order valence-electron chi connectivity index (χ1n) is 11.0. The number of aromatic hydroxyl groups is 1. The predicted octanol–water partition coefficient (Wildman–Crippen LogP) is 5.88. The van der Waals surface area contributed by atoms with Crippen molar-refractivity contribution < 1.29 is 14.9 Å². The summed E-state index contributed by atoms with van der Waals surface area (Å²) in [4.78, 5) is 0. The average molecular weight is 380 g/mol. The van der Waals surface area contributed by atoms with E-state index in [4.69, 9.17) is 4.74 Å². The molecule has 0 bridgehead atoms. The second-order valence-corrected chi connectivity index (χ2v) is 7.55. The molecule has 0 saturated carbocycles. The van der Waals surface area contributed by atoms with Crippen molar-refractivity contribution in [1.82, 2.24) is 0 Å². The molecular weight excluding hydrogens is 338 g/mol. The lowest BCUT2D eigenvalue weighted by Gasteiger charge is -2.13. The van der Waals surface area contributed by atoms with Crippen LogP contribution in [0.4, 0.5) is 5.69 Å². The fraction of sp³-hybridized carbons (Fsp3) is 0.739. The SMILES string of the molecule is CCCCCCCCCCCCCCOCC(O)CNc1ccc(O)cc1. The van der Waals surface area contributed by atoms with Crippen molar-refractivity contribution in [3.63, 3.8) is 0 Å². The van der Waals surface area contributed by atoms with Crippen molar-refractivity contribution in [2.24, 2.45) is 0 Å². The van der Waals surface area contributed by atoms with Crippen LogP contribution in [0, 0.1) is 0 Å². The van der Waals surface area contributed by atoms with Gasteiger partial charge in [0.2, 0.25) is 0 Å². The summed E-state index contributed by atoms with van der Waals surface area (Å²) in [5, 5.41) is 22.3. The molecule has 0 radical (unpaired) electrons. The van der Waals surface area contributed by atoms with Crippen LogP contribution < -0.4 is 5.32 Å². The standard InChI is InChI=1S/C23H41NO3/c1-2-3-4-5-6-7-8-9-10-11-12-13-18-27-20-23(26)19-24-21-14-16-22(25)17-15-21/h14-17,23-26H,2-13,18-20H2,1H3. The first-order valence-corrected chi connectivity index (χ1v) is 11.0. The summed E-state index contributed by atoms with van der Waals surface area (Å²) in [7, 11) is 0. The molecule has 156 valence electrons. The lowest BCUT2D eigenvalue weighted by atomic mass is 10.1. The number of ether oxygens (including phenoxy) is 1. The van der Waals surface area contributed by atoms with Gasteiger partial charge in [-0.15, -0.1) is 0 Å². The van der Waals surface area contributed by atoms with E-state index in [1.165, 1.54) is 70.6 Å². The third-order valence-corrected chi connectivity index (χ3v) is 4.86. The van der Waals surface area contributed by atoms with Crippen molar-refractivity contribution in [2.45, 2.75) is 90.1 Å². The van der Waals surface area contributed by atoms with E-state index in [-0.39, 0.29) is 5.75 Å². The summed E-state index contributed by atoms with van der Waals surface area (Å²) in [5.41, 5.74) is 0.882. The Bertz CT molecular complexity index is 436. The number of phenolic OH excluding ortho intramolecular Hbond substituents is 1. The normalized spacial score (nSPS) is 12.2. The third kappa shape index (κ3) is 14.5. The van der Waals surface area contributed by atoms with E-state index >= 15 is 0 Å². The van der Waals surface area contributed by atoms with Gasteiger partial charge in [0, 0.05) is 18.8 Å². The summed E-state index contributed by atoms with van der Waals surface area (Å²) >= 11 is 0. The Morgan fingerprint density at radius 1 is 0.815 bits per heavy atom. The van der Waals surface area contributed by atoms with E-state index in [1.54, 1.807) is 24.3 Å². The molecular formula is C23H41NO3. The molecule has 1 unspecified atom stereocenters. The zero-order chi connectivity index (χ0) is 19.6. The molecule has 0 aliphatic rings. The molecule has 4 heteroatoms. The predicted molar refractivity (Wildman–Crippen MR) is 115 cm³/mol. The summed E-state index contributed by atoms with van der Waals surface area (Å²) in [6.07, 6.45) is 15.6. The number of unbranched alkanes of at least 4 members (excludes halogenated alkanes) is 11. The topological polar surface area (TPSA) is 61.7 Å². The van der Waals surface area contributed by atoms with E-state index in [2.05, 4.69) is 12.2 Å². The molecule has 0 aromatic heterocycles. The van der Waals surface area contributed by atoms with Gasteiger partial charge in [0.15, 0.2) is 0 Å². The maximum absolute atomic E-state index is 9.92. The second kappa shape index (κ2) is 16.9. The van der Waals surface area contributed by atoms with Crippen LogP contribution in [0.25, 0.3) is 0 Å². The molecule has 27 heavy (non-hydrogen) atoms. The quantitative estimate of drug-likeness (QED) is 0.220.